The van der Waals surface area contributed by atoms with Gasteiger partial charge in [0.15, 0.2) is 5.13 Å². The lowest BCUT2D eigenvalue weighted by Crippen LogP contribution is -2.29. The molecule has 0 aliphatic carbocycles. The third-order valence-corrected chi connectivity index (χ3v) is 7.25. The summed E-state index contributed by atoms with van der Waals surface area (Å²) in [6, 6.07) is 18.2. The van der Waals surface area contributed by atoms with Crippen molar-refractivity contribution in [2.24, 2.45) is 0 Å². The zero-order chi connectivity index (χ0) is 27.5. The van der Waals surface area contributed by atoms with E-state index in [9.17, 15) is 14.7 Å². The summed E-state index contributed by atoms with van der Waals surface area (Å²) in [7, 11) is 1.54. The van der Waals surface area contributed by atoms with E-state index < -0.39 is 17.7 Å². The second-order valence-corrected chi connectivity index (χ2v) is 9.63. The number of aliphatic hydroxyl groups excluding tert-OH is 1. The fourth-order valence-corrected chi connectivity index (χ4v) is 5.42. The molecule has 198 valence electrons. The van der Waals surface area contributed by atoms with Gasteiger partial charge in [-0.05, 0) is 67.1 Å². The molecule has 5 rings (SSSR count). The molecular formula is C30H26N2O6S. The van der Waals surface area contributed by atoms with E-state index in [4.69, 9.17) is 14.2 Å². The predicted molar refractivity (Wildman–Crippen MR) is 151 cm³/mol. The predicted octanol–water partition coefficient (Wildman–Crippen LogP) is 5.89. The average molecular weight is 543 g/mol. The monoisotopic (exact) mass is 542 g/mol. The molecule has 1 unspecified atom stereocenters. The van der Waals surface area contributed by atoms with Gasteiger partial charge in [0.2, 0.25) is 0 Å². The Hall–Kier alpha value is -4.63. The van der Waals surface area contributed by atoms with Crippen LogP contribution in [-0.4, -0.2) is 42.1 Å². The van der Waals surface area contributed by atoms with Crippen LogP contribution in [0, 0.1) is 0 Å². The zero-order valence-corrected chi connectivity index (χ0v) is 22.2. The maximum absolute atomic E-state index is 13.5. The van der Waals surface area contributed by atoms with Crippen molar-refractivity contribution in [2.45, 2.75) is 13.0 Å². The number of nitrogens with zero attached hydrogens (tertiary/aromatic N) is 2. The number of hydrogen-bond acceptors (Lipinski definition) is 8. The van der Waals surface area contributed by atoms with Gasteiger partial charge in [-0.25, -0.2) is 4.98 Å². The van der Waals surface area contributed by atoms with Gasteiger partial charge in [0, 0.05) is 5.56 Å². The van der Waals surface area contributed by atoms with Crippen LogP contribution in [-0.2, 0) is 9.59 Å². The highest BCUT2D eigenvalue weighted by Gasteiger charge is 2.48. The number of hydrogen-bond donors (Lipinski definition) is 1. The Morgan fingerprint density at radius 1 is 1.03 bits per heavy atom. The molecule has 1 aliphatic heterocycles. The smallest absolute Gasteiger partial charge is 0.301 e. The number of aliphatic hydroxyl groups is 1. The number of ether oxygens (including phenoxy) is 3. The van der Waals surface area contributed by atoms with E-state index in [1.165, 1.54) is 23.3 Å². The van der Waals surface area contributed by atoms with E-state index in [0.29, 0.717) is 52.2 Å². The molecule has 1 atom stereocenters. The van der Waals surface area contributed by atoms with Gasteiger partial charge in [0.25, 0.3) is 5.78 Å². The molecule has 39 heavy (non-hydrogen) atoms. The fourth-order valence-electron chi connectivity index (χ4n) is 4.40. The van der Waals surface area contributed by atoms with Crippen LogP contribution in [0.15, 0.2) is 85.0 Å². The van der Waals surface area contributed by atoms with Crippen LogP contribution < -0.4 is 19.1 Å². The van der Waals surface area contributed by atoms with Gasteiger partial charge in [-0.1, -0.05) is 36.1 Å². The highest BCUT2D eigenvalue weighted by Crippen LogP contribution is 2.45. The molecule has 8 nitrogen and oxygen atoms in total. The van der Waals surface area contributed by atoms with Crippen molar-refractivity contribution in [3.63, 3.8) is 0 Å². The number of carbonyl (C=O) groups excluding carboxylic acids is 2. The van der Waals surface area contributed by atoms with Gasteiger partial charge in [-0.15, -0.1) is 0 Å². The van der Waals surface area contributed by atoms with Crippen molar-refractivity contribution in [1.82, 2.24) is 4.98 Å². The number of anilines is 1. The number of methoxy groups -OCH3 is 1. The Morgan fingerprint density at radius 3 is 2.38 bits per heavy atom. The zero-order valence-electron chi connectivity index (χ0n) is 21.4. The topological polar surface area (TPSA) is 98.2 Å². The molecule has 1 fully saturated rings. The molecule has 2 heterocycles. The Morgan fingerprint density at radius 2 is 1.72 bits per heavy atom. The van der Waals surface area contributed by atoms with Crippen LogP contribution in [0.1, 0.15) is 24.1 Å². The standard InChI is InChI=1S/C30H26N2O6S/c1-4-16-38-21-12-6-18(7-13-21)26-25(27(33)19-8-10-20(36-3)11-9-19)28(34)29(35)32(26)30-31-23-15-14-22(37-5-2)17-24(23)39-30/h4,6-15,17,26,33H,1,5,16H2,2-3H3/b27-25+. The van der Waals surface area contributed by atoms with E-state index in [1.807, 2.05) is 25.1 Å². The van der Waals surface area contributed by atoms with Gasteiger partial charge in [0.1, 0.15) is 29.6 Å². The lowest BCUT2D eigenvalue weighted by Gasteiger charge is -2.23. The number of benzene rings is 3. The number of aromatic nitrogens is 1. The van der Waals surface area contributed by atoms with Gasteiger partial charge >= 0.3 is 5.91 Å². The summed E-state index contributed by atoms with van der Waals surface area (Å²) in [5.41, 5.74) is 1.64. The summed E-state index contributed by atoms with van der Waals surface area (Å²) >= 11 is 1.27. The third-order valence-electron chi connectivity index (χ3n) is 6.24. The van der Waals surface area contributed by atoms with Crippen molar-refractivity contribution >= 4 is 44.1 Å². The number of fused-ring (bicyclic) bond motifs is 1. The minimum absolute atomic E-state index is 0.0285. The van der Waals surface area contributed by atoms with Crippen LogP contribution >= 0.6 is 11.3 Å². The first kappa shape index (κ1) is 26.0. The van der Waals surface area contributed by atoms with Crippen molar-refractivity contribution in [3.8, 4) is 17.2 Å². The molecule has 1 saturated heterocycles. The molecule has 1 aromatic heterocycles. The Bertz CT molecular complexity index is 1570. The molecule has 9 heteroatoms. The van der Waals surface area contributed by atoms with Gasteiger partial charge in [-0.3, -0.25) is 14.5 Å². The maximum atomic E-state index is 13.5. The number of Topliss-reactive ketones (excluding diaryl/α,β-unsaturated/α-hetero) is 1. The third kappa shape index (κ3) is 4.96. The van der Waals surface area contributed by atoms with Gasteiger partial charge < -0.3 is 19.3 Å². The lowest BCUT2D eigenvalue weighted by atomic mass is 9.95. The molecular weight excluding hydrogens is 516 g/mol. The van der Waals surface area contributed by atoms with Crippen LogP contribution in [0.4, 0.5) is 5.13 Å². The van der Waals surface area contributed by atoms with E-state index in [1.54, 1.807) is 54.6 Å². The highest BCUT2D eigenvalue weighted by atomic mass is 32.1. The number of amides is 1. The second kappa shape index (κ2) is 11.0. The molecule has 0 saturated carbocycles. The Kier molecular flexibility index (Phi) is 7.33. The van der Waals surface area contributed by atoms with Crippen LogP contribution in [0.5, 0.6) is 17.2 Å². The largest absolute Gasteiger partial charge is 0.507 e. The molecule has 1 N–H and O–H groups in total. The SMILES string of the molecule is C=CCOc1ccc(C2/C(=C(\O)c3ccc(OC)cc3)C(=O)C(=O)N2c2nc3ccc(OCC)cc3s2)cc1. The number of ketones is 1. The van der Waals surface area contributed by atoms with Gasteiger partial charge in [0.05, 0.1) is 35.5 Å². The summed E-state index contributed by atoms with van der Waals surface area (Å²) in [5.74, 6) is 0.0399. The molecule has 4 aromatic rings. The second-order valence-electron chi connectivity index (χ2n) is 8.63. The van der Waals surface area contributed by atoms with Crippen molar-refractivity contribution < 1.29 is 28.9 Å². The molecule has 1 amide bonds. The summed E-state index contributed by atoms with van der Waals surface area (Å²) in [4.78, 5) is 33.0. The quantitative estimate of drug-likeness (QED) is 0.122. The number of carbonyl (C=O) groups is 2. The Balaban J connectivity index is 1.64. The number of rotatable bonds is 9. The molecule has 0 bridgehead atoms. The summed E-state index contributed by atoms with van der Waals surface area (Å²) < 4.78 is 17.2. The van der Waals surface area contributed by atoms with E-state index in [0.717, 1.165) is 4.70 Å². The molecule has 3 aromatic carbocycles. The minimum Gasteiger partial charge on any atom is -0.507 e. The number of thiazole rings is 1. The van der Waals surface area contributed by atoms with Gasteiger partial charge in [-0.2, -0.15) is 0 Å². The van der Waals surface area contributed by atoms with Crippen molar-refractivity contribution in [1.29, 1.82) is 0 Å². The normalized spacial score (nSPS) is 16.5. The van der Waals surface area contributed by atoms with Crippen LogP contribution in [0.2, 0.25) is 0 Å². The first-order valence-corrected chi connectivity index (χ1v) is 13.1. The Labute approximate surface area is 229 Å². The van der Waals surface area contributed by atoms with Crippen molar-refractivity contribution in [2.75, 3.05) is 25.2 Å². The average Bonchev–Trinajstić information content (AvgIpc) is 3.49. The van der Waals surface area contributed by atoms with E-state index in [2.05, 4.69) is 11.6 Å². The van der Waals surface area contributed by atoms with Crippen LogP contribution in [0.25, 0.3) is 16.0 Å². The first-order valence-electron chi connectivity index (χ1n) is 12.3. The fraction of sp³-hybridized carbons (Fsp3) is 0.167. The van der Waals surface area contributed by atoms with Crippen LogP contribution in [0.3, 0.4) is 0 Å². The highest BCUT2D eigenvalue weighted by molar-refractivity contribution is 7.22. The summed E-state index contributed by atoms with van der Waals surface area (Å²) in [6.07, 6.45) is 1.64. The summed E-state index contributed by atoms with van der Waals surface area (Å²) in [5, 5.41) is 11.7. The minimum atomic E-state index is -0.910. The lowest BCUT2D eigenvalue weighted by molar-refractivity contribution is -0.132. The maximum Gasteiger partial charge on any atom is 0.301 e. The van der Waals surface area contributed by atoms with E-state index in [-0.39, 0.29) is 11.3 Å². The molecule has 1 aliphatic rings. The van der Waals surface area contributed by atoms with Crippen molar-refractivity contribution in [3.05, 3.63) is 96.1 Å². The molecule has 0 spiro atoms. The molecule has 0 radical (unpaired) electrons. The van der Waals surface area contributed by atoms with E-state index >= 15 is 0 Å². The first-order chi connectivity index (χ1) is 18.9. The summed E-state index contributed by atoms with van der Waals surface area (Å²) in [6.45, 7) is 6.41.